The molecule has 2 heterocycles. The number of aromatic nitrogens is 2. The molecule has 10 heteroatoms. The van der Waals surface area contributed by atoms with Gasteiger partial charge in [0.05, 0.1) is 4.90 Å². The molecule has 8 nitrogen and oxygen atoms in total. The van der Waals surface area contributed by atoms with Gasteiger partial charge in [0.15, 0.2) is 0 Å². The second kappa shape index (κ2) is 8.17. The van der Waals surface area contributed by atoms with Crippen molar-refractivity contribution in [2.24, 2.45) is 7.05 Å². The van der Waals surface area contributed by atoms with Crippen molar-refractivity contribution in [1.29, 1.82) is 0 Å². The number of rotatable bonds is 4. The predicted octanol–water partition coefficient (Wildman–Crippen LogP) is 0.537. The third-order valence-corrected chi connectivity index (χ3v) is 5.73. The number of hydrogen-bond acceptors (Lipinski definition) is 5. The number of nitrogens with one attached hydrogen (secondary N) is 2. The fourth-order valence-corrected chi connectivity index (χ4v) is 3.73. The zero-order valence-electron chi connectivity index (χ0n) is 14.5. The van der Waals surface area contributed by atoms with Gasteiger partial charge in [0.25, 0.3) is 5.91 Å². The fourth-order valence-electron chi connectivity index (χ4n) is 2.96. The molecular weight excluding hydrogens is 378 g/mol. The van der Waals surface area contributed by atoms with E-state index in [1.54, 1.807) is 23.2 Å². The molecule has 2 aromatic rings. The number of hydrogen-bond donors (Lipinski definition) is 2. The highest BCUT2D eigenvalue weighted by Gasteiger charge is 2.31. The first kappa shape index (κ1) is 20.4. The van der Waals surface area contributed by atoms with Gasteiger partial charge in [-0.1, -0.05) is 6.07 Å². The van der Waals surface area contributed by atoms with Crippen molar-refractivity contribution in [2.45, 2.75) is 10.9 Å². The van der Waals surface area contributed by atoms with Gasteiger partial charge in [-0.25, -0.2) is 18.1 Å². The summed E-state index contributed by atoms with van der Waals surface area (Å²) in [7, 11) is -0.365. The fraction of sp³-hybridized carbons (Fsp3) is 0.375. The summed E-state index contributed by atoms with van der Waals surface area (Å²) in [6.07, 6.45) is 3.54. The molecule has 1 aliphatic heterocycles. The van der Waals surface area contributed by atoms with Crippen LogP contribution in [0.4, 0.5) is 0 Å². The average Bonchev–Trinajstić information content (AvgIpc) is 3.07. The molecule has 0 spiro atoms. The van der Waals surface area contributed by atoms with Gasteiger partial charge in [-0.05, 0) is 25.2 Å². The van der Waals surface area contributed by atoms with E-state index in [0.29, 0.717) is 25.2 Å². The van der Waals surface area contributed by atoms with Crippen LogP contribution in [0.2, 0.25) is 0 Å². The van der Waals surface area contributed by atoms with Crippen LogP contribution < -0.4 is 10.0 Å². The molecule has 0 saturated carbocycles. The van der Waals surface area contributed by atoms with Crippen molar-refractivity contribution in [3.8, 4) is 0 Å². The number of amides is 1. The number of carbonyl (C=O) groups is 1. The van der Waals surface area contributed by atoms with E-state index < -0.39 is 10.0 Å². The topological polar surface area (TPSA) is 96.3 Å². The molecule has 1 amide bonds. The van der Waals surface area contributed by atoms with Gasteiger partial charge in [0.1, 0.15) is 11.9 Å². The predicted molar refractivity (Wildman–Crippen MR) is 99.8 cm³/mol. The molecule has 1 aliphatic rings. The highest BCUT2D eigenvalue weighted by Crippen LogP contribution is 2.23. The van der Waals surface area contributed by atoms with Crippen molar-refractivity contribution in [2.75, 3.05) is 26.7 Å². The Kier molecular flexibility index (Phi) is 6.40. The maximum absolute atomic E-state index is 13.0. The summed E-state index contributed by atoms with van der Waals surface area (Å²) in [6.45, 7) is 1.81. The third-order valence-electron chi connectivity index (χ3n) is 4.32. The molecule has 0 radical (unpaired) electrons. The van der Waals surface area contributed by atoms with E-state index >= 15 is 0 Å². The van der Waals surface area contributed by atoms with E-state index in [2.05, 4.69) is 15.0 Å². The molecular formula is C16H22ClN5O3S. The Morgan fingerprint density at radius 1 is 1.38 bits per heavy atom. The minimum atomic E-state index is -3.60. The Hall–Kier alpha value is -1.94. The van der Waals surface area contributed by atoms with Crippen molar-refractivity contribution in [3.05, 3.63) is 48.0 Å². The minimum Gasteiger partial charge on any atom is -0.336 e. The smallest absolute Gasteiger partial charge is 0.254 e. The van der Waals surface area contributed by atoms with Gasteiger partial charge < -0.3 is 14.8 Å². The Bertz CT molecular complexity index is 884. The van der Waals surface area contributed by atoms with Crippen LogP contribution in [0, 0.1) is 0 Å². The largest absolute Gasteiger partial charge is 0.336 e. The van der Waals surface area contributed by atoms with Gasteiger partial charge in [-0.2, -0.15) is 0 Å². The van der Waals surface area contributed by atoms with Crippen LogP contribution in [-0.2, 0) is 17.1 Å². The quantitative estimate of drug-likeness (QED) is 0.782. The molecule has 0 aliphatic carbocycles. The molecule has 1 aromatic carbocycles. The van der Waals surface area contributed by atoms with Crippen LogP contribution >= 0.6 is 12.4 Å². The number of aryl methyl sites for hydroxylation is 1. The normalized spacial score (nSPS) is 17.6. The average molecular weight is 400 g/mol. The first-order chi connectivity index (χ1) is 11.9. The molecule has 142 valence electrons. The first-order valence-corrected chi connectivity index (χ1v) is 9.45. The molecule has 2 N–H and O–H groups in total. The van der Waals surface area contributed by atoms with Gasteiger partial charge in [-0.3, -0.25) is 4.79 Å². The van der Waals surface area contributed by atoms with Crippen molar-refractivity contribution in [1.82, 2.24) is 24.5 Å². The van der Waals surface area contributed by atoms with E-state index in [1.165, 1.54) is 19.2 Å². The summed E-state index contributed by atoms with van der Waals surface area (Å²) >= 11 is 0. The summed E-state index contributed by atoms with van der Waals surface area (Å²) in [4.78, 5) is 19.2. The third kappa shape index (κ3) is 3.90. The standard InChI is InChI=1S/C16H21N5O3S.ClH/c1-17-25(23,24)13-5-3-4-12(10-13)16(22)21-9-6-18-11-14(21)15-19-7-8-20(15)2;/h3-5,7-8,10,14,17-18H,6,9,11H2,1-2H3;1H. The maximum atomic E-state index is 13.0. The van der Waals surface area contributed by atoms with Crippen LogP contribution in [0.3, 0.4) is 0 Å². The first-order valence-electron chi connectivity index (χ1n) is 7.96. The zero-order valence-corrected chi connectivity index (χ0v) is 16.2. The van der Waals surface area contributed by atoms with Gasteiger partial charge in [-0.15, -0.1) is 12.4 Å². The Labute approximate surface area is 159 Å². The molecule has 1 atom stereocenters. The Morgan fingerprint density at radius 3 is 2.81 bits per heavy atom. The number of carbonyl (C=O) groups excluding carboxylic acids is 1. The van der Waals surface area contributed by atoms with Crippen LogP contribution in [0.1, 0.15) is 22.2 Å². The van der Waals surface area contributed by atoms with Crippen LogP contribution in [0.15, 0.2) is 41.6 Å². The molecule has 1 saturated heterocycles. The van der Waals surface area contributed by atoms with Gasteiger partial charge >= 0.3 is 0 Å². The van der Waals surface area contributed by atoms with Crippen LogP contribution in [0.25, 0.3) is 0 Å². The summed E-state index contributed by atoms with van der Waals surface area (Å²) in [6, 6.07) is 5.89. The Morgan fingerprint density at radius 2 is 2.15 bits per heavy atom. The Balaban J connectivity index is 0.00000243. The highest BCUT2D eigenvalue weighted by atomic mass is 35.5. The summed E-state index contributed by atoms with van der Waals surface area (Å²) in [5, 5.41) is 3.28. The lowest BCUT2D eigenvalue weighted by Crippen LogP contribution is -2.49. The number of imidazole rings is 1. The van der Waals surface area contributed by atoms with Crippen molar-refractivity contribution >= 4 is 28.3 Å². The molecule has 26 heavy (non-hydrogen) atoms. The lowest BCUT2D eigenvalue weighted by molar-refractivity contribution is 0.0620. The number of halogens is 1. The zero-order chi connectivity index (χ0) is 18.0. The van der Waals surface area contributed by atoms with E-state index in [-0.39, 0.29) is 29.3 Å². The van der Waals surface area contributed by atoms with Crippen LogP contribution in [-0.4, -0.2) is 55.5 Å². The van der Waals surface area contributed by atoms with Crippen LogP contribution in [0.5, 0.6) is 0 Å². The lowest BCUT2D eigenvalue weighted by Gasteiger charge is -2.35. The molecule has 1 unspecified atom stereocenters. The molecule has 0 bridgehead atoms. The number of benzene rings is 1. The van der Waals surface area contributed by atoms with E-state index in [1.807, 2.05) is 17.8 Å². The highest BCUT2D eigenvalue weighted by molar-refractivity contribution is 7.89. The number of piperazine rings is 1. The van der Waals surface area contributed by atoms with E-state index in [9.17, 15) is 13.2 Å². The number of sulfonamides is 1. The lowest BCUT2D eigenvalue weighted by atomic mass is 10.1. The molecule has 3 rings (SSSR count). The SMILES string of the molecule is CNS(=O)(=O)c1cccc(C(=O)N2CCNCC2c2nccn2C)c1.Cl. The van der Waals surface area contributed by atoms with E-state index in [4.69, 9.17) is 0 Å². The summed E-state index contributed by atoms with van der Waals surface area (Å²) < 4.78 is 28.1. The summed E-state index contributed by atoms with van der Waals surface area (Å²) in [5.41, 5.74) is 0.345. The van der Waals surface area contributed by atoms with Crippen molar-refractivity contribution < 1.29 is 13.2 Å². The molecule has 1 fully saturated rings. The monoisotopic (exact) mass is 399 g/mol. The van der Waals surface area contributed by atoms with Gasteiger partial charge in [0.2, 0.25) is 10.0 Å². The summed E-state index contributed by atoms with van der Waals surface area (Å²) in [5.74, 6) is 0.585. The second-order valence-corrected chi connectivity index (χ2v) is 7.74. The number of nitrogens with zero attached hydrogens (tertiary/aromatic N) is 3. The van der Waals surface area contributed by atoms with Crippen molar-refractivity contribution in [3.63, 3.8) is 0 Å². The van der Waals surface area contributed by atoms with E-state index in [0.717, 1.165) is 5.82 Å². The minimum absolute atomic E-state index is 0. The molecule has 1 aromatic heterocycles. The second-order valence-electron chi connectivity index (χ2n) is 5.85. The van der Waals surface area contributed by atoms with Gasteiger partial charge in [0, 0.05) is 44.6 Å². The maximum Gasteiger partial charge on any atom is 0.254 e.